The summed E-state index contributed by atoms with van der Waals surface area (Å²) in [4.78, 5) is 3.88. The molecule has 1 aromatic heterocycles. The Labute approximate surface area is 100 Å². The number of hydrogen-bond acceptors (Lipinski definition) is 3. The molecule has 2 rings (SSSR count). The lowest BCUT2D eigenvalue weighted by molar-refractivity contribution is 0.132. The van der Waals surface area contributed by atoms with E-state index < -0.39 is 0 Å². The van der Waals surface area contributed by atoms with Crippen molar-refractivity contribution >= 4 is 22.9 Å². The minimum absolute atomic E-state index is 0.578. The topological polar surface area (TPSA) is 15.3 Å². The number of nitrogens with one attached hydrogen (secondary N) is 1. The van der Waals surface area contributed by atoms with E-state index >= 15 is 0 Å². The van der Waals surface area contributed by atoms with Crippen LogP contribution in [0.1, 0.15) is 18.7 Å². The Bertz CT molecular complexity index is 326. The van der Waals surface area contributed by atoms with Gasteiger partial charge in [0.1, 0.15) is 0 Å². The van der Waals surface area contributed by atoms with Crippen molar-refractivity contribution in [3.63, 3.8) is 0 Å². The molecule has 84 valence electrons. The lowest BCUT2D eigenvalue weighted by Crippen LogP contribution is -2.54. The molecule has 2 nitrogen and oxygen atoms in total. The van der Waals surface area contributed by atoms with E-state index in [4.69, 9.17) is 11.6 Å². The highest BCUT2D eigenvalue weighted by molar-refractivity contribution is 7.10. The van der Waals surface area contributed by atoms with Gasteiger partial charge in [-0.15, -0.1) is 11.3 Å². The molecule has 2 heterocycles. The second-order valence-electron chi connectivity index (χ2n) is 4.19. The number of nitrogens with zero attached hydrogens (tertiary/aromatic N) is 1. The van der Waals surface area contributed by atoms with Crippen molar-refractivity contribution in [2.75, 3.05) is 13.1 Å². The van der Waals surface area contributed by atoms with Crippen LogP contribution in [-0.4, -0.2) is 30.1 Å². The first kappa shape index (κ1) is 11.4. The van der Waals surface area contributed by atoms with E-state index in [0.717, 1.165) is 24.7 Å². The van der Waals surface area contributed by atoms with Crippen LogP contribution < -0.4 is 5.32 Å². The molecule has 1 aromatic rings. The molecule has 1 N–H and O–H groups in total. The number of hydrogen-bond donors (Lipinski definition) is 1. The van der Waals surface area contributed by atoms with Crippen LogP contribution in [0, 0.1) is 0 Å². The van der Waals surface area contributed by atoms with Crippen LogP contribution in [0.15, 0.2) is 11.4 Å². The van der Waals surface area contributed by atoms with E-state index in [2.05, 4.69) is 30.1 Å². The van der Waals surface area contributed by atoms with Gasteiger partial charge in [0.25, 0.3) is 0 Å². The zero-order chi connectivity index (χ0) is 10.8. The average molecular weight is 245 g/mol. The monoisotopic (exact) mass is 244 g/mol. The number of halogens is 1. The van der Waals surface area contributed by atoms with Crippen molar-refractivity contribution in [2.24, 2.45) is 0 Å². The van der Waals surface area contributed by atoms with Crippen molar-refractivity contribution in [2.45, 2.75) is 32.5 Å². The molecule has 0 radical (unpaired) electrons. The van der Waals surface area contributed by atoms with Crippen LogP contribution in [0.2, 0.25) is 5.02 Å². The fourth-order valence-corrected chi connectivity index (χ4v) is 3.08. The van der Waals surface area contributed by atoms with Gasteiger partial charge in [0.15, 0.2) is 0 Å². The Morgan fingerprint density at radius 2 is 2.40 bits per heavy atom. The smallest absolute Gasteiger partial charge is 0.0516 e. The molecule has 1 fully saturated rings. The van der Waals surface area contributed by atoms with Crippen molar-refractivity contribution < 1.29 is 0 Å². The van der Waals surface area contributed by atoms with Gasteiger partial charge in [0.2, 0.25) is 0 Å². The van der Waals surface area contributed by atoms with Gasteiger partial charge in [-0.1, -0.05) is 11.6 Å². The fourth-order valence-electron chi connectivity index (χ4n) is 1.99. The second kappa shape index (κ2) is 4.83. The highest BCUT2D eigenvalue weighted by Crippen LogP contribution is 2.22. The van der Waals surface area contributed by atoms with E-state index in [1.54, 1.807) is 11.3 Å². The molecule has 2 unspecified atom stereocenters. The molecular formula is C11H17ClN2S. The molecule has 2 atom stereocenters. The van der Waals surface area contributed by atoms with E-state index in [0.29, 0.717) is 12.1 Å². The van der Waals surface area contributed by atoms with Gasteiger partial charge >= 0.3 is 0 Å². The van der Waals surface area contributed by atoms with Gasteiger partial charge in [-0.25, -0.2) is 0 Å². The van der Waals surface area contributed by atoms with Gasteiger partial charge in [-0.2, -0.15) is 0 Å². The third-order valence-corrected chi connectivity index (χ3v) is 4.41. The van der Waals surface area contributed by atoms with Crippen molar-refractivity contribution in [3.8, 4) is 0 Å². The zero-order valence-corrected chi connectivity index (χ0v) is 10.7. The number of thiophene rings is 1. The van der Waals surface area contributed by atoms with Crippen LogP contribution in [-0.2, 0) is 6.54 Å². The summed E-state index contributed by atoms with van der Waals surface area (Å²) in [5.74, 6) is 0. The SMILES string of the molecule is CC1NCCN(Cc2cc(Cl)cs2)C1C. The Balaban J connectivity index is 1.99. The molecule has 0 aliphatic carbocycles. The Morgan fingerprint density at radius 1 is 1.60 bits per heavy atom. The largest absolute Gasteiger partial charge is 0.311 e. The van der Waals surface area contributed by atoms with Gasteiger partial charge in [0.05, 0.1) is 5.02 Å². The van der Waals surface area contributed by atoms with Crippen molar-refractivity contribution in [1.29, 1.82) is 0 Å². The second-order valence-corrected chi connectivity index (χ2v) is 5.62. The lowest BCUT2D eigenvalue weighted by atomic mass is 10.1. The molecule has 15 heavy (non-hydrogen) atoms. The maximum absolute atomic E-state index is 5.92. The summed E-state index contributed by atoms with van der Waals surface area (Å²) < 4.78 is 0. The molecule has 4 heteroatoms. The molecule has 1 aliphatic rings. The van der Waals surface area contributed by atoms with Crippen molar-refractivity contribution in [1.82, 2.24) is 10.2 Å². The van der Waals surface area contributed by atoms with E-state index in [9.17, 15) is 0 Å². The lowest BCUT2D eigenvalue weighted by Gasteiger charge is -2.38. The summed E-state index contributed by atoms with van der Waals surface area (Å²) in [7, 11) is 0. The van der Waals surface area contributed by atoms with Gasteiger partial charge in [0, 0.05) is 42.0 Å². The van der Waals surface area contributed by atoms with Crippen LogP contribution in [0.3, 0.4) is 0 Å². The molecule has 0 aromatic carbocycles. The average Bonchev–Trinajstić information content (AvgIpc) is 2.59. The molecule has 1 aliphatic heterocycles. The molecule has 1 saturated heterocycles. The quantitative estimate of drug-likeness (QED) is 0.861. The summed E-state index contributed by atoms with van der Waals surface area (Å²) in [6.45, 7) is 7.78. The normalized spacial score (nSPS) is 28.2. The van der Waals surface area contributed by atoms with Crippen LogP contribution in [0.4, 0.5) is 0 Å². The van der Waals surface area contributed by atoms with Crippen molar-refractivity contribution in [3.05, 3.63) is 21.3 Å². The number of rotatable bonds is 2. The van der Waals surface area contributed by atoms with Crippen LogP contribution in [0.25, 0.3) is 0 Å². The maximum atomic E-state index is 5.92. The molecule has 0 bridgehead atoms. The van der Waals surface area contributed by atoms with Gasteiger partial charge in [-0.3, -0.25) is 4.90 Å². The highest BCUT2D eigenvalue weighted by Gasteiger charge is 2.24. The first-order valence-corrected chi connectivity index (χ1v) is 6.63. The van der Waals surface area contributed by atoms with E-state index in [1.165, 1.54) is 4.88 Å². The molecule has 0 amide bonds. The number of piperazine rings is 1. The summed E-state index contributed by atoms with van der Waals surface area (Å²) in [6.07, 6.45) is 0. The molecule has 0 spiro atoms. The third-order valence-electron chi connectivity index (χ3n) is 3.15. The molecular weight excluding hydrogens is 228 g/mol. The first-order chi connectivity index (χ1) is 7.16. The minimum atomic E-state index is 0.578. The molecule has 0 saturated carbocycles. The first-order valence-electron chi connectivity index (χ1n) is 5.37. The Morgan fingerprint density at radius 3 is 3.07 bits per heavy atom. The zero-order valence-electron chi connectivity index (χ0n) is 9.16. The van der Waals surface area contributed by atoms with Crippen LogP contribution >= 0.6 is 22.9 Å². The summed E-state index contributed by atoms with van der Waals surface area (Å²) in [6, 6.07) is 3.25. The van der Waals surface area contributed by atoms with E-state index in [-0.39, 0.29) is 0 Å². The summed E-state index contributed by atoms with van der Waals surface area (Å²) in [5.41, 5.74) is 0. The Hall–Kier alpha value is -0.0900. The minimum Gasteiger partial charge on any atom is -0.311 e. The third kappa shape index (κ3) is 2.72. The highest BCUT2D eigenvalue weighted by atomic mass is 35.5. The maximum Gasteiger partial charge on any atom is 0.0516 e. The summed E-state index contributed by atoms with van der Waals surface area (Å²) in [5, 5.41) is 6.36. The van der Waals surface area contributed by atoms with E-state index in [1.807, 2.05) is 5.38 Å². The van der Waals surface area contributed by atoms with Gasteiger partial charge in [-0.05, 0) is 19.9 Å². The standard InChI is InChI=1S/C11H17ClN2S/c1-8-9(2)14(4-3-13-8)6-11-5-10(12)7-15-11/h5,7-9,13H,3-4,6H2,1-2H3. The fraction of sp³-hybridized carbons (Fsp3) is 0.636. The Kier molecular flexibility index (Phi) is 3.67. The predicted octanol–water partition coefficient (Wildman–Crippen LogP) is 2.58. The summed E-state index contributed by atoms with van der Waals surface area (Å²) >= 11 is 7.68. The van der Waals surface area contributed by atoms with Gasteiger partial charge < -0.3 is 5.32 Å². The predicted molar refractivity (Wildman–Crippen MR) is 66.7 cm³/mol. The van der Waals surface area contributed by atoms with Crippen LogP contribution in [0.5, 0.6) is 0 Å².